The molecule has 106 valence electrons. The van der Waals surface area contributed by atoms with Gasteiger partial charge in [0.1, 0.15) is 18.2 Å². The van der Waals surface area contributed by atoms with Gasteiger partial charge in [-0.2, -0.15) is 0 Å². The lowest BCUT2D eigenvalue weighted by Crippen LogP contribution is -2.04. The number of ether oxygens (including phenoxy) is 1. The van der Waals surface area contributed by atoms with Crippen molar-refractivity contribution >= 4 is 44.9 Å². The molecule has 1 aromatic heterocycles. The summed E-state index contributed by atoms with van der Waals surface area (Å²) in [6.07, 6.45) is 0. The Balaban J connectivity index is 2.11. The average Bonchev–Trinajstić information content (AvgIpc) is 2.41. The molecule has 20 heavy (non-hydrogen) atoms. The number of pyridine rings is 1. The van der Waals surface area contributed by atoms with Gasteiger partial charge in [0.25, 0.3) is 0 Å². The van der Waals surface area contributed by atoms with Gasteiger partial charge in [-0.25, -0.2) is 4.98 Å². The molecular weight excluding hydrogens is 363 g/mol. The second-order valence-electron chi connectivity index (χ2n) is 4.02. The Morgan fingerprint density at radius 3 is 2.70 bits per heavy atom. The molecule has 0 saturated carbocycles. The topological polar surface area (TPSA) is 34.1 Å². The number of benzene rings is 1. The fraction of sp³-hybridized carbons (Fsp3) is 0.214. The summed E-state index contributed by atoms with van der Waals surface area (Å²) in [7, 11) is 0. The van der Waals surface area contributed by atoms with Gasteiger partial charge in [-0.1, -0.05) is 39.1 Å². The van der Waals surface area contributed by atoms with Crippen LogP contribution in [0.15, 0.2) is 34.8 Å². The molecule has 0 bridgehead atoms. The number of nitrogens with zero attached hydrogens (tertiary/aromatic N) is 1. The number of rotatable bonds is 5. The number of nitrogens with one attached hydrogen (secondary N) is 1. The van der Waals surface area contributed by atoms with Crippen LogP contribution >= 0.6 is 39.1 Å². The lowest BCUT2D eigenvalue weighted by molar-refractivity contribution is 0.302. The third kappa shape index (κ3) is 4.01. The molecule has 0 atom stereocenters. The number of aromatic nitrogens is 1. The van der Waals surface area contributed by atoms with E-state index in [1.54, 1.807) is 18.2 Å². The van der Waals surface area contributed by atoms with Gasteiger partial charge in [0.15, 0.2) is 0 Å². The predicted molar refractivity (Wildman–Crippen MR) is 86.9 cm³/mol. The second kappa shape index (κ2) is 7.16. The zero-order valence-electron chi connectivity index (χ0n) is 10.8. The van der Waals surface area contributed by atoms with Crippen LogP contribution in [0.4, 0.5) is 5.82 Å². The quantitative estimate of drug-likeness (QED) is 0.783. The predicted octanol–water partition coefficient (Wildman–Crippen LogP) is 5.16. The van der Waals surface area contributed by atoms with Crippen LogP contribution in [0.5, 0.6) is 5.75 Å². The van der Waals surface area contributed by atoms with Gasteiger partial charge in [0.2, 0.25) is 0 Å². The minimum Gasteiger partial charge on any atom is -0.486 e. The van der Waals surface area contributed by atoms with Crippen molar-refractivity contribution in [2.75, 3.05) is 11.9 Å². The Morgan fingerprint density at radius 1 is 1.20 bits per heavy atom. The van der Waals surface area contributed by atoms with Crippen LogP contribution in [-0.4, -0.2) is 11.5 Å². The minimum absolute atomic E-state index is 0.263. The number of hydrogen-bond donors (Lipinski definition) is 1. The van der Waals surface area contributed by atoms with Crippen molar-refractivity contribution in [1.29, 1.82) is 0 Å². The van der Waals surface area contributed by atoms with Crippen molar-refractivity contribution in [2.45, 2.75) is 13.5 Å². The molecule has 0 saturated heterocycles. The lowest BCUT2D eigenvalue weighted by Gasteiger charge is -2.10. The first-order valence-electron chi connectivity index (χ1n) is 6.07. The molecule has 6 heteroatoms. The zero-order chi connectivity index (χ0) is 14.5. The van der Waals surface area contributed by atoms with Crippen LogP contribution in [0.1, 0.15) is 12.6 Å². The van der Waals surface area contributed by atoms with Gasteiger partial charge in [-0.3, -0.25) is 0 Å². The maximum Gasteiger partial charge on any atom is 0.138 e. The van der Waals surface area contributed by atoms with E-state index >= 15 is 0 Å². The minimum atomic E-state index is 0.263. The molecule has 0 amide bonds. The van der Waals surface area contributed by atoms with Gasteiger partial charge in [0, 0.05) is 11.0 Å². The van der Waals surface area contributed by atoms with E-state index in [0.717, 1.165) is 16.8 Å². The Labute approximate surface area is 136 Å². The van der Waals surface area contributed by atoms with E-state index in [-0.39, 0.29) is 6.61 Å². The molecule has 0 aliphatic rings. The summed E-state index contributed by atoms with van der Waals surface area (Å²) in [5, 5.41) is 4.24. The van der Waals surface area contributed by atoms with Crippen LogP contribution in [-0.2, 0) is 6.61 Å². The van der Waals surface area contributed by atoms with Crippen LogP contribution in [0, 0.1) is 0 Å². The number of hydrogen-bond acceptors (Lipinski definition) is 3. The number of halogens is 3. The lowest BCUT2D eigenvalue weighted by atomic mass is 10.3. The summed E-state index contributed by atoms with van der Waals surface area (Å²) in [5.74, 6) is 1.37. The summed E-state index contributed by atoms with van der Waals surface area (Å²) in [6, 6.07) is 9.08. The van der Waals surface area contributed by atoms with E-state index in [0.29, 0.717) is 21.5 Å². The molecule has 2 rings (SSSR count). The molecule has 0 fully saturated rings. The zero-order valence-corrected chi connectivity index (χ0v) is 13.9. The van der Waals surface area contributed by atoms with E-state index in [1.807, 2.05) is 19.1 Å². The second-order valence-corrected chi connectivity index (χ2v) is 5.75. The smallest absolute Gasteiger partial charge is 0.138 e. The molecule has 3 nitrogen and oxygen atoms in total. The first kappa shape index (κ1) is 15.4. The molecule has 1 N–H and O–H groups in total. The maximum atomic E-state index is 6.12. The summed E-state index contributed by atoms with van der Waals surface area (Å²) >= 11 is 15.6. The summed E-state index contributed by atoms with van der Waals surface area (Å²) in [4.78, 5) is 4.40. The SMILES string of the molecule is CCNc1ccc(Cl)c(COc2ccc(Br)cc2Cl)n1. The van der Waals surface area contributed by atoms with Crippen molar-refractivity contribution in [3.05, 3.63) is 50.5 Å². The van der Waals surface area contributed by atoms with Crippen molar-refractivity contribution < 1.29 is 4.74 Å². The van der Waals surface area contributed by atoms with Gasteiger partial charge >= 0.3 is 0 Å². The van der Waals surface area contributed by atoms with Gasteiger partial charge < -0.3 is 10.1 Å². The monoisotopic (exact) mass is 374 g/mol. The van der Waals surface area contributed by atoms with Gasteiger partial charge in [-0.15, -0.1) is 0 Å². The third-order valence-corrected chi connectivity index (χ3v) is 3.67. The van der Waals surface area contributed by atoms with Crippen LogP contribution < -0.4 is 10.1 Å². The molecular formula is C14H13BrCl2N2O. The standard InChI is InChI=1S/C14H13BrCl2N2O/c1-2-18-14-6-4-10(16)12(19-14)8-20-13-5-3-9(15)7-11(13)17/h3-7H,2,8H2,1H3,(H,18,19). The normalized spacial score (nSPS) is 10.4. The van der Waals surface area contributed by atoms with Crippen molar-refractivity contribution in [3.8, 4) is 5.75 Å². The highest BCUT2D eigenvalue weighted by atomic mass is 79.9. The van der Waals surface area contributed by atoms with Gasteiger partial charge in [0.05, 0.1) is 15.7 Å². The fourth-order valence-corrected chi connectivity index (χ4v) is 2.49. The van der Waals surface area contributed by atoms with Crippen molar-refractivity contribution in [2.24, 2.45) is 0 Å². The maximum absolute atomic E-state index is 6.12. The van der Waals surface area contributed by atoms with E-state index < -0.39 is 0 Å². The molecule has 0 aliphatic carbocycles. The molecule has 2 aromatic rings. The first-order valence-corrected chi connectivity index (χ1v) is 7.62. The molecule has 0 aliphatic heterocycles. The molecule has 1 aromatic carbocycles. The molecule has 0 radical (unpaired) electrons. The highest BCUT2D eigenvalue weighted by Crippen LogP contribution is 2.29. The van der Waals surface area contributed by atoms with E-state index in [1.165, 1.54) is 0 Å². The Morgan fingerprint density at radius 2 is 2.00 bits per heavy atom. The summed E-state index contributed by atoms with van der Waals surface area (Å²) in [6.45, 7) is 3.07. The van der Waals surface area contributed by atoms with E-state index in [9.17, 15) is 0 Å². The number of anilines is 1. The third-order valence-electron chi connectivity index (χ3n) is 2.53. The van der Waals surface area contributed by atoms with E-state index in [4.69, 9.17) is 27.9 Å². The summed E-state index contributed by atoms with van der Waals surface area (Å²) < 4.78 is 6.57. The summed E-state index contributed by atoms with van der Waals surface area (Å²) in [5.41, 5.74) is 0.670. The molecule has 0 unspecified atom stereocenters. The highest BCUT2D eigenvalue weighted by Gasteiger charge is 2.07. The van der Waals surface area contributed by atoms with E-state index in [2.05, 4.69) is 26.2 Å². The fourth-order valence-electron chi connectivity index (χ4n) is 1.60. The van der Waals surface area contributed by atoms with Crippen molar-refractivity contribution in [3.63, 3.8) is 0 Å². The Hall–Kier alpha value is -0.970. The highest BCUT2D eigenvalue weighted by molar-refractivity contribution is 9.10. The Kier molecular flexibility index (Phi) is 5.52. The largest absolute Gasteiger partial charge is 0.486 e. The van der Waals surface area contributed by atoms with Crippen LogP contribution in [0.3, 0.4) is 0 Å². The van der Waals surface area contributed by atoms with Gasteiger partial charge in [-0.05, 0) is 37.3 Å². The van der Waals surface area contributed by atoms with Crippen LogP contribution in [0.25, 0.3) is 0 Å². The first-order chi connectivity index (χ1) is 9.60. The average molecular weight is 376 g/mol. The van der Waals surface area contributed by atoms with Crippen molar-refractivity contribution in [1.82, 2.24) is 4.98 Å². The Bertz CT molecular complexity index is 608. The van der Waals surface area contributed by atoms with Crippen LogP contribution in [0.2, 0.25) is 10.0 Å². The molecule has 0 spiro atoms. The molecule has 1 heterocycles.